The van der Waals surface area contributed by atoms with Gasteiger partial charge in [0.25, 0.3) is 5.43 Å². The van der Waals surface area contributed by atoms with E-state index in [2.05, 4.69) is 19.2 Å². The van der Waals surface area contributed by atoms with E-state index in [1.165, 1.54) is 0 Å². The van der Waals surface area contributed by atoms with Crippen molar-refractivity contribution in [3.8, 4) is 11.5 Å². The number of halogens is 3. The highest BCUT2D eigenvalue weighted by Gasteiger charge is 2.34. The standard InChI is InChI=1S/C11H12F3NO5/c1-3-19-8(16)4-6-10(20-11(12,13)14)9(17)7(18-2)5-15-6/h5H,3-4H2,1-2H3,(H,15,17). The van der Waals surface area contributed by atoms with Gasteiger partial charge in [0.05, 0.1) is 25.8 Å². The van der Waals surface area contributed by atoms with E-state index in [-0.39, 0.29) is 18.1 Å². The Labute approximate surface area is 111 Å². The van der Waals surface area contributed by atoms with E-state index in [0.717, 1.165) is 13.3 Å². The summed E-state index contributed by atoms with van der Waals surface area (Å²) in [7, 11) is 1.12. The van der Waals surface area contributed by atoms with Crippen LogP contribution in [0.25, 0.3) is 0 Å². The number of pyridine rings is 1. The molecule has 0 saturated heterocycles. The zero-order chi connectivity index (χ0) is 15.3. The molecule has 1 aromatic heterocycles. The lowest BCUT2D eigenvalue weighted by molar-refractivity contribution is -0.275. The Bertz CT molecular complexity index is 538. The zero-order valence-corrected chi connectivity index (χ0v) is 10.7. The van der Waals surface area contributed by atoms with Gasteiger partial charge < -0.3 is 19.2 Å². The van der Waals surface area contributed by atoms with Crippen molar-refractivity contribution in [1.29, 1.82) is 0 Å². The van der Waals surface area contributed by atoms with Gasteiger partial charge in [-0.25, -0.2) is 0 Å². The minimum absolute atomic E-state index is 0.0642. The molecule has 0 amide bonds. The van der Waals surface area contributed by atoms with E-state index in [1.54, 1.807) is 6.92 Å². The Balaban J connectivity index is 3.19. The van der Waals surface area contributed by atoms with Gasteiger partial charge in [0.2, 0.25) is 0 Å². The van der Waals surface area contributed by atoms with Gasteiger partial charge in [-0.15, -0.1) is 13.2 Å². The number of ether oxygens (including phenoxy) is 3. The van der Waals surface area contributed by atoms with Crippen molar-refractivity contribution < 1.29 is 32.2 Å². The molecule has 0 saturated carbocycles. The molecule has 112 valence electrons. The van der Waals surface area contributed by atoms with Crippen molar-refractivity contribution in [3.05, 3.63) is 22.1 Å². The van der Waals surface area contributed by atoms with Crippen LogP contribution < -0.4 is 14.9 Å². The number of hydrogen-bond donors (Lipinski definition) is 1. The quantitative estimate of drug-likeness (QED) is 0.831. The highest BCUT2D eigenvalue weighted by Crippen LogP contribution is 2.24. The normalized spacial score (nSPS) is 11.1. The summed E-state index contributed by atoms with van der Waals surface area (Å²) in [6.45, 7) is 1.61. The minimum Gasteiger partial charge on any atom is -0.491 e. The molecule has 0 aliphatic carbocycles. The molecule has 1 rings (SSSR count). The maximum absolute atomic E-state index is 12.3. The van der Waals surface area contributed by atoms with Crippen LogP contribution in [0.3, 0.4) is 0 Å². The Morgan fingerprint density at radius 3 is 2.55 bits per heavy atom. The Kier molecular flexibility index (Phi) is 5.00. The van der Waals surface area contributed by atoms with Crippen LogP contribution in [0.1, 0.15) is 12.6 Å². The summed E-state index contributed by atoms with van der Waals surface area (Å²) in [5.41, 5.74) is -1.45. The number of hydrogen-bond acceptors (Lipinski definition) is 5. The van der Waals surface area contributed by atoms with Crippen LogP contribution in [0.2, 0.25) is 0 Å². The molecular weight excluding hydrogens is 283 g/mol. The number of aromatic amines is 1. The SMILES string of the molecule is CCOC(=O)Cc1[nH]cc(OC)c(=O)c1OC(F)(F)F. The Hall–Kier alpha value is -2.19. The summed E-state index contributed by atoms with van der Waals surface area (Å²) in [5.74, 6) is -2.19. The molecule has 20 heavy (non-hydrogen) atoms. The van der Waals surface area contributed by atoms with Crippen LogP contribution in [0.5, 0.6) is 11.5 Å². The van der Waals surface area contributed by atoms with Crippen LogP contribution in [0.15, 0.2) is 11.0 Å². The maximum atomic E-state index is 12.3. The van der Waals surface area contributed by atoms with E-state index >= 15 is 0 Å². The fraction of sp³-hybridized carbons (Fsp3) is 0.455. The topological polar surface area (TPSA) is 77.6 Å². The van der Waals surface area contributed by atoms with Crippen molar-refractivity contribution in [1.82, 2.24) is 4.98 Å². The lowest BCUT2D eigenvalue weighted by atomic mass is 10.2. The second-order valence-corrected chi connectivity index (χ2v) is 3.52. The first-order valence-corrected chi connectivity index (χ1v) is 5.48. The summed E-state index contributed by atoms with van der Waals surface area (Å²) in [5, 5.41) is 0. The molecule has 0 atom stereocenters. The van der Waals surface area contributed by atoms with Crippen LogP contribution in [0, 0.1) is 0 Å². The minimum atomic E-state index is -5.07. The molecular formula is C11H12F3NO5. The van der Waals surface area contributed by atoms with Gasteiger partial charge >= 0.3 is 12.3 Å². The van der Waals surface area contributed by atoms with Gasteiger partial charge in [-0.1, -0.05) is 0 Å². The third-order valence-electron chi connectivity index (χ3n) is 2.15. The van der Waals surface area contributed by atoms with Gasteiger partial charge in [-0.3, -0.25) is 9.59 Å². The molecule has 9 heteroatoms. The monoisotopic (exact) mass is 295 g/mol. The first-order valence-electron chi connectivity index (χ1n) is 5.48. The number of aromatic nitrogens is 1. The van der Waals surface area contributed by atoms with E-state index in [0.29, 0.717) is 0 Å². The van der Waals surface area contributed by atoms with Gasteiger partial charge in [-0.2, -0.15) is 0 Å². The van der Waals surface area contributed by atoms with Crippen molar-refractivity contribution in [2.75, 3.05) is 13.7 Å². The van der Waals surface area contributed by atoms with Gasteiger partial charge in [0.1, 0.15) is 0 Å². The average molecular weight is 295 g/mol. The van der Waals surface area contributed by atoms with Crippen molar-refractivity contribution >= 4 is 5.97 Å². The van der Waals surface area contributed by atoms with Crippen LogP contribution in [0.4, 0.5) is 13.2 Å². The number of methoxy groups -OCH3 is 1. The molecule has 0 radical (unpaired) electrons. The van der Waals surface area contributed by atoms with Crippen LogP contribution in [-0.4, -0.2) is 31.0 Å². The van der Waals surface area contributed by atoms with Gasteiger partial charge in [0.15, 0.2) is 11.5 Å². The number of carbonyl (C=O) groups excluding carboxylic acids is 1. The van der Waals surface area contributed by atoms with Crippen LogP contribution in [-0.2, 0) is 16.0 Å². The Morgan fingerprint density at radius 2 is 2.05 bits per heavy atom. The molecule has 6 nitrogen and oxygen atoms in total. The van der Waals surface area contributed by atoms with E-state index in [4.69, 9.17) is 0 Å². The number of carbonyl (C=O) groups is 1. The zero-order valence-electron chi connectivity index (χ0n) is 10.7. The summed E-state index contributed by atoms with van der Waals surface area (Å²) >= 11 is 0. The number of nitrogens with one attached hydrogen (secondary N) is 1. The summed E-state index contributed by atoms with van der Waals surface area (Å²) < 4.78 is 49.7. The number of rotatable bonds is 5. The lowest BCUT2D eigenvalue weighted by Gasteiger charge is -2.13. The number of esters is 1. The highest BCUT2D eigenvalue weighted by molar-refractivity contribution is 5.72. The lowest BCUT2D eigenvalue weighted by Crippen LogP contribution is -2.25. The first kappa shape index (κ1) is 15.9. The molecule has 0 bridgehead atoms. The molecule has 1 aromatic rings. The molecule has 0 spiro atoms. The second-order valence-electron chi connectivity index (χ2n) is 3.52. The predicted molar refractivity (Wildman–Crippen MR) is 60.6 cm³/mol. The molecule has 0 aliphatic heterocycles. The maximum Gasteiger partial charge on any atom is 0.573 e. The smallest absolute Gasteiger partial charge is 0.491 e. The molecule has 0 aromatic carbocycles. The van der Waals surface area contributed by atoms with Crippen molar-refractivity contribution in [2.45, 2.75) is 19.7 Å². The largest absolute Gasteiger partial charge is 0.573 e. The molecule has 0 aliphatic rings. The van der Waals surface area contributed by atoms with E-state index in [9.17, 15) is 22.8 Å². The predicted octanol–water partition coefficient (Wildman–Crippen LogP) is 1.39. The molecule has 1 N–H and O–H groups in total. The average Bonchev–Trinajstić information content (AvgIpc) is 2.33. The summed E-state index contributed by atoms with van der Waals surface area (Å²) in [6, 6.07) is 0. The van der Waals surface area contributed by atoms with Crippen molar-refractivity contribution in [2.24, 2.45) is 0 Å². The summed E-state index contributed by atoms with van der Waals surface area (Å²) in [6.07, 6.45) is -4.58. The third kappa shape index (κ3) is 4.18. The van der Waals surface area contributed by atoms with E-state index in [1.807, 2.05) is 0 Å². The number of H-pyrrole nitrogens is 1. The molecule has 1 heterocycles. The molecule has 0 unspecified atom stereocenters. The van der Waals surface area contributed by atoms with Gasteiger partial charge in [0, 0.05) is 6.20 Å². The Morgan fingerprint density at radius 1 is 1.40 bits per heavy atom. The third-order valence-corrected chi connectivity index (χ3v) is 2.15. The van der Waals surface area contributed by atoms with Gasteiger partial charge in [-0.05, 0) is 6.92 Å². The summed E-state index contributed by atoms with van der Waals surface area (Å²) in [4.78, 5) is 25.4. The molecule has 0 fully saturated rings. The fourth-order valence-corrected chi connectivity index (χ4v) is 1.40. The van der Waals surface area contributed by atoms with E-state index < -0.39 is 29.9 Å². The van der Waals surface area contributed by atoms with Crippen LogP contribution >= 0.6 is 0 Å². The second kappa shape index (κ2) is 6.31. The number of alkyl halides is 3. The van der Waals surface area contributed by atoms with Crippen molar-refractivity contribution in [3.63, 3.8) is 0 Å². The first-order chi connectivity index (χ1) is 9.28. The fourth-order valence-electron chi connectivity index (χ4n) is 1.40. The highest BCUT2D eigenvalue weighted by atomic mass is 19.4.